The average molecular weight is 383 g/mol. The number of hydrogen-bond acceptors (Lipinski definition) is 6. The molecule has 0 radical (unpaired) electrons. The standard InChI is InChI=1S/C17H25N3O5S/c1-19(26(2,22)23)14-5-7-20(8-6-14)12-17(21)18-13-3-4-15-16(11-13)25-10-9-24-15/h3-4,11,14H,5-10,12H2,1-2H3,(H,18,21). The van der Waals surface area contributed by atoms with Crippen LogP contribution in [0.2, 0.25) is 0 Å². The van der Waals surface area contributed by atoms with Crippen LogP contribution < -0.4 is 14.8 Å². The van der Waals surface area contributed by atoms with Crippen LogP contribution in [-0.4, -0.2) is 75.7 Å². The molecule has 0 spiro atoms. The maximum absolute atomic E-state index is 12.3. The zero-order valence-electron chi connectivity index (χ0n) is 15.1. The molecule has 1 N–H and O–H groups in total. The van der Waals surface area contributed by atoms with Gasteiger partial charge in [0, 0.05) is 37.9 Å². The number of fused-ring (bicyclic) bond motifs is 1. The number of nitrogens with one attached hydrogen (secondary N) is 1. The fourth-order valence-electron chi connectivity index (χ4n) is 3.24. The molecule has 1 saturated heterocycles. The zero-order chi connectivity index (χ0) is 18.7. The second-order valence-corrected chi connectivity index (χ2v) is 8.74. The summed E-state index contributed by atoms with van der Waals surface area (Å²) >= 11 is 0. The monoisotopic (exact) mass is 383 g/mol. The largest absolute Gasteiger partial charge is 0.486 e. The van der Waals surface area contributed by atoms with Crippen molar-refractivity contribution >= 4 is 21.6 Å². The van der Waals surface area contributed by atoms with Crippen molar-refractivity contribution in [2.75, 3.05) is 51.5 Å². The molecule has 0 atom stereocenters. The molecular weight excluding hydrogens is 358 g/mol. The molecule has 0 unspecified atom stereocenters. The molecule has 8 nitrogen and oxygen atoms in total. The Morgan fingerprint density at radius 3 is 2.54 bits per heavy atom. The molecule has 1 aromatic rings. The summed E-state index contributed by atoms with van der Waals surface area (Å²) in [5.74, 6) is 1.22. The second-order valence-electron chi connectivity index (χ2n) is 6.69. The lowest BCUT2D eigenvalue weighted by atomic mass is 10.1. The first-order valence-electron chi connectivity index (χ1n) is 8.68. The van der Waals surface area contributed by atoms with E-state index in [4.69, 9.17) is 9.47 Å². The van der Waals surface area contributed by atoms with Crippen LogP contribution in [-0.2, 0) is 14.8 Å². The maximum atomic E-state index is 12.3. The summed E-state index contributed by atoms with van der Waals surface area (Å²) in [6.07, 6.45) is 2.67. The number of hydrogen-bond donors (Lipinski definition) is 1. The van der Waals surface area contributed by atoms with Crippen LogP contribution in [0.4, 0.5) is 5.69 Å². The lowest BCUT2D eigenvalue weighted by Gasteiger charge is -2.35. The highest BCUT2D eigenvalue weighted by atomic mass is 32.2. The van der Waals surface area contributed by atoms with Crippen molar-refractivity contribution in [3.05, 3.63) is 18.2 Å². The van der Waals surface area contributed by atoms with E-state index >= 15 is 0 Å². The van der Waals surface area contributed by atoms with Gasteiger partial charge < -0.3 is 14.8 Å². The molecule has 2 aliphatic heterocycles. The topological polar surface area (TPSA) is 88.2 Å². The fourth-order valence-corrected chi connectivity index (χ4v) is 3.99. The van der Waals surface area contributed by atoms with Crippen molar-refractivity contribution in [3.63, 3.8) is 0 Å². The van der Waals surface area contributed by atoms with E-state index in [-0.39, 0.29) is 18.5 Å². The number of ether oxygens (including phenoxy) is 2. The third-order valence-corrected chi connectivity index (χ3v) is 6.13. The van der Waals surface area contributed by atoms with Gasteiger partial charge in [0.05, 0.1) is 12.8 Å². The van der Waals surface area contributed by atoms with Crippen molar-refractivity contribution in [1.29, 1.82) is 0 Å². The van der Waals surface area contributed by atoms with Crippen LogP contribution in [0.3, 0.4) is 0 Å². The quantitative estimate of drug-likeness (QED) is 0.807. The lowest BCUT2D eigenvalue weighted by Crippen LogP contribution is -2.47. The molecular formula is C17H25N3O5S. The van der Waals surface area contributed by atoms with Crippen LogP contribution >= 0.6 is 0 Å². The predicted octanol–water partition coefficient (Wildman–Crippen LogP) is 0.752. The first-order chi connectivity index (χ1) is 12.3. The van der Waals surface area contributed by atoms with Gasteiger partial charge in [0.25, 0.3) is 0 Å². The van der Waals surface area contributed by atoms with Crippen LogP contribution in [0.15, 0.2) is 18.2 Å². The maximum Gasteiger partial charge on any atom is 0.238 e. The molecule has 0 aliphatic carbocycles. The molecule has 1 amide bonds. The van der Waals surface area contributed by atoms with Crippen LogP contribution in [0.25, 0.3) is 0 Å². The van der Waals surface area contributed by atoms with Gasteiger partial charge in [-0.25, -0.2) is 12.7 Å². The van der Waals surface area contributed by atoms with Crippen molar-refractivity contribution in [1.82, 2.24) is 9.21 Å². The molecule has 9 heteroatoms. The van der Waals surface area contributed by atoms with Gasteiger partial charge >= 0.3 is 0 Å². The van der Waals surface area contributed by atoms with E-state index < -0.39 is 10.0 Å². The van der Waals surface area contributed by atoms with Crippen molar-refractivity contribution in [3.8, 4) is 11.5 Å². The number of anilines is 1. The molecule has 0 saturated carbocycles. The Morgan fingerprint density at radius 2 is 1.88 bits per heavy atom. The number of piperidine rings is 1. The van der Waals surface area contributed by atoms with Gasteiger partial charge in [-0.1, -0.05) is 0 Å². The van der Waals surface area contributed by atoms with Crippen molar-refractivity contribution < 1.29 is 22.7 Å². The summed E-state index contributed by atoms with van der Waals surface area (Å²) < 4.78 is 35.7. The van der Waals surface area contributed by atoms with E-state index in [2.05, 4.69) is 5.32 Å². The average Bonchev–Trinajstić information content (AvgIpc) is 2.61. The van der Waals surface area contributed by atoms with E-state index in [1.165, 1.54) is 10.6 Å². The summed E-state index contributed by atoms with van der Waals surface area (Å²) in [6.45, 7) is 2.70. The van der Waals surface area contributed by atoms with Gasteiger partial charge in [-0.05, 0) is 25.0 Å². The third kappa shape index (κ3) is 4.66. The Morgan fingerprint density at radius 1 is 1.23 bits per heavy atom. The zero-order valence-corrected chi connectivity index (χ0v) is 15.9. The van der Waals surface area contributed by atoms with Gasteiger partial charge in [-0.2, -0.15) is 0 Å². The molecule has 2 heterocycles. The fraction of sp³-hybridized carbons (Fsp3) is 0.588. The van der Waals surface area contributed by atoms with Gasteiger partial charge in [-0.3, -0.25) is 9.69 Å². The molecule has 2 aliphatic rings. The Hall–Kier alpha value is -1.84. The summed E-state index contributed by atoms with van der Waals surface area (Å²) in [5.41, 5.74) is 0.672. The van der Waals surface area contributed by atoms with Gasteiger partial charge in [0.15, 0.2) is 11.5 Å². The van der Waals surface area contributed by atoms with E-state index in [9.17, 15) is 13.2 Å². The SMILES string of the molecule is CN(C1CCN(CC(=O)Nc2ccc3c(c2)OCCO3)CC1)S(C)(=O)=O. The summed E-state index contributed by atoms with van der Waals surface area (Å²) in [6, 6.07) is 5.34. The highest BCUT2D eigenvalue weighted by molar-refractivity contribution is 7.88. The number of benzene rings is 1. The van der Waals surface area contributed by atoms with Gasteiger partial charge in [0.1, 0.15) is 13.2 Å². The number of sulfonamides is 1. The van der Waals surface area contributed by atoms with E-state index in [0.29, 0.717) is 43.5 Å². The number of rotatable bonds is 5. The van der Waals surface area contributed by atoms with Crippen LogP contribution in [0, 0.1) is 0 Å². The van der Waals surface area contributed by atoms with E-state index in [1.54, 1.807) is 25.2 Å². The summed E-state index contributed by atoms with van der Waals surface area (Å²) in [5, 5.41) is 2.88. The van der Waals surface area contributed by atoms with Gasteiger partial charge in [0.2, 0.25) is 15.9 Å². The molecule has 1 fully saturated rings. The van der Waals surface area contributed by atoms with E-state index in [1.807, 2.05) is 4.90 Å². The number of carbonyl (C=O) groups is 1. The van der Waals surface area contributed by atoms with Gasteiger partial charge in [-0.15, -0.1) is 0 Å². The molecule has 144 valence electrons. The smallest absolute Gasteiger partial charge is 0.238 e. The van der Waals surface area contributed by atoms with Crippen molar-refractivity contribution in [2.45, 2.75) is 18.9 Å². The highest BCUT2D eigenvalue weighted by Gasteiger charge is 2.27. The second kappa shape index (κ2) is 7.81. The summed E-state index contributed by atoms with van der Waals surface area (Å²) in [7, 11) is -1.56. The van der Waals surface area contributed by atoms with Crippen LogP contribution in [0.1, 0.15) is 12.8 Å². The highest BCUT2D eigenvalue weighted by Crippen LogP contribution is 2.32. The molecule has 26 heavy (non-hydrogen) atoms. The predicted molar refractivity (Wildman–Crippen MR) is 98.1 cm³/mol. The Kier molecular flexibility index (Phi) is 5.69. The molecule has 0 bridgehead atoms. The lowest BCUT2D eigenvalue weighted by molar-refractivity contribution is -0.117. The first kappa shape index (κ1) is 18.9. The number of carbonyl (C=O) groups excluding carboxylic acids is 1. The molecule has 0 aromatic heterocycles. The number of nitrogens with zero attached hydrogens (tertiary/aromatic N) is 2. The number of amides is 1. The Balaban J connectivity index is 1.49. The molecule has 1 aromatic carbocycles. The minimum absolute atomic E-state index is 0.00195. The normalized spacial score (nSPS) is 18.7. The first-order valence-corrected chi connectivity index (χ1v) is 10.5. The summed E-state index contributed by atoms with van der Waals surface area (Å²) in [4.78, 5) is 14.3. The molecule has 3 rings (SSSR count). The number of likely N-dealkylation sites (tertiary alicyclic amines) is 1. The minimum Gasteiger partial charge on any atom is -0.486 e. The van der Waals surface area contributed by atoms with Crippen molar-refractivity contribution in [2.24, 2.45) is 0 Å². The minimum atomic E-state index is -3.18. The Bertz CT molecular complexity index is 760. The third-order valence-electron chi connectivity index (χ3n) is 4.79. The Labute approximate surface area is 154 Å². The van der Waals surface area contributed by atoms with Crippen LogP contribution in [0.5, 0.6) is 11.5 Å². The van der Waals surface area contributed by atoms with E-state index in [0.717, 1.165) is 12.8 Å².